The Labute approximate surface area is 251 Å². The zero-order valence-corrected chi connectivity index (χ0v) is 23.4. The Hall–Kier alpha value is -5.60. The van der Waals surface area contributed by atoms with Crippen LogP contribution in [0.15, 0.2) is 146 Å². The van der Waals surface area contributed by atoms with Crippen LogP contribution in [0.5, 0.6) is 0 Å². The van der Waals surface area contributed by atoms with Crippen LogP contribution in [-0.2, 0) is 5.41 Å². The lowest BCUT2D eigenvalue weighted by Gasteiger charge is -2.34. The molecule has 0 atom stereocenters. The Morgan fingerprint density at radius 3 is 1.86 bits per heavy atom. The fourth-order valence-electron chi connectivity index (χ4n) is 7.67. The Bertz CT molecular complexity index is 2380. The average Bonchev–Trinajstić information content (AvgIpc) is 3.37. The predicted molar refractivity (Wildman–Crippen MR) is 182 cm³/mol. The van der Waals surface area contributed by atoms with Crippen LogP contribution in [0.3, 0.4) is 0 Å². The molecule has 0 spiro atoms. The van der Waals surface area contributed by atoms with Crippen LogP contribution in [0.1, 0.15) is 23.6 Å². The van der Waals surface area contributed by atoms with Gasteiger partial charge in [0.25, 0.3) is 0 Å². The molecule has 1 aliphatic rings. The van der Waals surface area contributed by atoms with Crippen molar-refractivity contribution in [1.82, 2.24) is 0 Å². The van der Waals surface area contributed by atoms with Gasteiger partial charge in [0.15, 0.2) is 0 Å². The molecule has 4 N–H and O–H groups in total. The first-order chi connectivity index (χ1) is 21.6. The van der Waals surface area contributed by atoms with Gasteiger partial charge in [-0.3, -0.25) is 0 Å². The number of nitrogen functional groups attached to an aromatic ring is 2. The lowest BCUT2D eigenvalue weighted by molar-refractivity contribution is 0.769. The number of benzene rings is 8. The molecule has 43 heavy (non-hydrogen) atoms. The Balaban J connectivity index is 1.37. The molecule has 0 aliphatic heterocycles. The summed E-state index contributed by atoms with van der Waals surface area (Å²) in [5.41, 5.74) is 22.8. The molecule has 9 rings (SSSR count). The van der Waals surface area contributed by atoms with Crippen molar-refractivity contribution in [2.24, 2.45) is 0 Å². The molecule has 0 saturated heterocycles. The molecular formula is C41H28N2. The summed E-state index contributed by atoms with van der Waals surface area (Å²) < 4.78 is 9.92. The van der Waals surface area contributed by atoms with Gasteiger partial charge in [-0.25, -0.2) is 0 Å². The van der Waals surface area contributed by atoms with Gasteiger partial charge in [0.2, 0.25) is 0 Å². The van der Waals surface area contributed by atoms with E-state index >= 15 is 0 Å². The van der Waals surface area contributed by atoms with Crippen LogP contribution in [0.4, 0.5) is 11.4 Å². The summed E-state index contributed by atoms with van der Waals surface area (Å²) >= 11 is 0. The largest absolute Gasteiger partial charge is 0.398 e. The smallest absolute Gasteiger partial charge is 0.0713 e. The first-order valence-corrected chi connectivity index (χ1v) is 14.7. The summed E-state index contributed by atoms with van der Waals surface area (Å²) in [7, 11) is 0. The van der Waals surface area contributed by atoms with Crippen LogP contribution in [-0.4, -0.2) is 0 Å². The molecule has 0 saturated carbocycles. The van der Waals surface area contributed by atoms with Crippen molar-refractivity contribution in [3.8, 4) is 22.3 Å². The van der Waals surface area contributed by atoms with E-state index in [4.69, 9.17) is 11.5 Å². The van der Waals surface area contributed by atoms with E-state index in [0.717, 1.165) is 60.3 Å². The summed E-state index contributed by atoms with van der Waals surface area (Å²) in [5, 5.41) is 6.52. The number of anilines is 2. The van der Waals surface area contributed by atoms with Gasteiger partial charge in [0.1, 0.15) is 0 Å². The highest BCUT2D eigenvalue weighted by Gasteiger charge is 2.45. The van der Waals surface area contributed by atoms with Gasteiger partial charge in [0.05, 0.1) is 6.79 Å². The zero-order chi connectivity index (χ0) is 29.6. The van der Waals surface area contributed by atoms with Gasteiger partial charge in [-0.05, 0) is 78.7 Å². The van der Waals surface area contributed by atoms with Crippen molar-refractivity contribution in [3.63, 3.8) is 0 Å². The minimum Gasteiger partial charge on any atom is -0.398 e. The predicted octanol–water partition coefficient (Wildman–Crippen LogP) is 9.78. The van der Waals surface area contributed by atoms with Gasteiger partial charge in [0, 0.05) is 27.7 Å². The molecule has 0 unspecified atom stereocenters. The number of hydrogen-bond acceptors (Lipinski definition) is 2. The third kappa shape index (κ3) is 3.13. The summed E-state index contributed by atoms with van der Waals surface area (Å²) in [4.78, 5) is 0. The van der Waals surface area contributed by atoms with Crippen LogP contribution in [0.2, 0.25) is 0 Å². The number of hydrogen-bond donors (Lipinski definition) is 2. The molecule has 0 aromatic heterocycles. The van der Waals surface area contributed by atoms with Crippen molar-refractivity contribution < 1.29 is 1.37 Å². The van der Waals surface area contributed by atoms with E-state index in [2.05, 4.69) is 127 Å². The van der Waals surface area contributed by atoms with Crippen LogP contribution in [0.25, 0.3) is 54.6 Å². The second kappa shape index (κ2) is 8.70. The highest BCUT2D eigenvalue weighted by Crippen LogP contribution is 2.56. The summed E-state index contributed by atoms with van der Waals surface area (Å²) in [5.74, 6) is 0. The third-order valence-corrected chi connectivity index (χ3v) is 9.51. The molecule has 2 heteroatoms. The van der Waals surface area contributed by atoms with E-state index in [1.165, 1.54) is 22.3 Å². The number of fused-ring (bicyclic) bond motifs is 3. The van der Waals surface area contributed by atoms with Gasteiger partial charge in [-0.1, -0.05) is 127 Å². The Kier molecular flexibility index (Phi) is 4.66. The van der Waals surface area contributed by atoms with E-state index in [1.807, 2.05) is 12.1 Å². The molecule has 2 nitrogen and oxygen atoms in total. The van der Waals surface area contributed by atoms with E-state index in [9.17, 15) is 1.37 Å². The van der Waals surface area contributed by atoms with Crippen molar-refractivity contribution in [2.75, 3.05) is 11.5 Å². The normalized spacial score (nSPS) is 13.8. The highest BCUT2D eigenvalue weighted by molar-refractivity contribution is 6.28. The fraction of sp³-hybridized carbons (Fsp3) is 0.0244. The van der Waals surface area contributed by atoms with E-state index in [0.29, 0.717) is 11.7 Å². The van der Waals surface area contributed by atoms with Gasteiger partial charge in [-0.15, -0.1) is 0 Å². The van der Waals surface area contributed by atoms with E-state index in [1.54, 1.807) is 0 Å². The SMILES string of the molecule is [2H]c1c(-c2cc3ccc4c(N)ccc5ccc(c2N)c3c54)cccc1C1(c2ccccc2)c2ccccc2-c2ccccc21. The van der Waals surface area contributed by atoms with E-state index < -0.39 is 5.41 Å². The maximum Gasteiger partial charge on any atom is 0.0713 e. The summed E-state index contributed by atoms with van der Waals surface area (Å²) in [6.45, 7) is 0. The van der Waals surface area contributed by atoms with E-state index in [-0.39, 0.29) is 0 Å². The van der Waals surface area contributed by atoms with Crippen LogP contribution in [0, 0.1) is 0 Å². The number of rotatable bonds is 3. The van der Waals surface area contributed by atoms with Crippen molar-refractivity contribution in [3.05, 3.63) is 168 Å². The standard InChI is InChI=1S/C41H28N2/c42-37-22-19-25-17-21-33-39-27(18-20-32(37)38(25)39)24-34(40(33)43)26-9-8-12-29(23-26)41(28-10-2-1-3-11-28)35-15-6-4-13-30(35)31-14-5-7-16-36(31)41/h1-24H,42-43H2/i23D. The monoisotopic (exact) mass is 549 g/mol. The quantitative estimate of drug-likeness (QED) is 0.170. The molecular weight excluding hydrogens is 520 g/mol. The maximum atomic E-state index is 9.92. The van der Waals surface area contributed by atoms with Crippen molar-refractivity contribution in [1.29, 1.82) is 0 Å². The summed E-state index contributed by atoms with van der Waals surface area (Å²) in [6, 6.07) is 49.3. The minimum absolute atomic E-state index is 0.478. The van der Waals surface area contributed by atoms with Crippen molar-refractivity contribution in [2.45, 2.75) is 5.41 Å². The maximum absolute atomic E-state index is 9.92. The Morgan fingerprint density at radius 1 is 0.488 bits per heavy atom. The highest BCUT2D eigenvalue weighted by atomic mass is 14.6. The first-order valence-electron chi connectivity index (χ1n) is 15.2. The molecule has 8 aromatic rings. The summed E-state index contributed by atoms with van der Waals surface area (Å²) in [6.07, 6.45) is 0. The molecule has 0 amide bonds. The molecule has 8 aromatic carbocycles. The molecule has 1 aliphatic carbocycles. The molecule has 202 valence electrons. The topological polar surface area (TPSA) is 52.0 Å². The lowest BCUT2D eigenvalue weighted by atomic mass is 9.67. The van der Waals surface area contributed by atoms with Gasteiger partial charge in [-0.2, -0.15) is 0 Å². The molecule has 0 bridgehead atoms. The van der Waals surface area contributed by atoms with Crippen LogP contribution >= 0.6 is 0 Å². The molecule has 0 fully saturated rings. The first kappa shape index (κ1) is 23.0. The van der Waals surface area contributed by atoms with Crippen LogP contribution < -0.4 is 11.5 Å². The molecule has 0 radical (unpaired) electrons. The fourth-order valence-corrected chi connectivity index (χ4v) is 7.67. The molecule has 0 heterocycles. The van der Waals surface area contributed by atoms with Gasteiger partial charge < -0.3 is 11.5 Å². The second-order valence-electron chi connectivity index (χ2n) is 11.6. The minimum atomic E-state index is -0.649. The number of nitrogens with two attached hydrogens (primary N) is 2. The lowest BCUT2D eigenvalue weighted by Crippen LogP contribution is -2.28. The van der Waals surface area contributed by atoms with Crippen molar-refractivity contribution >= 4 is 43.7 Å². The third-order valence-electron chi connectivity index (χ3n) is 9.51. The second-order valence-corrected chi connectivity index (χ2v) is 11.6. The Morgan fingerprint density at radius 2 is 1.09 bits per heavy atom. The zero-order valence-electron chi connectivity index (χ0n) is 24.4. The average molecular weight is 550 g/mol. The van der Waals surface area contributed by atoms with Gasteiger partial charge >= 0.3 is 0 Å².